The fourth-order valence-corrected chi connectivity index (χ4v) is 1.76. The molecule has 3 N–H and O–H groups in total. The molecular formula is C14H12N2O5. The van der Waals surface area contributed by atoms with Gasteiger partial charge in [0.25, 0.3) is 11.6 Å². The Hall–Kier alpha value is -3.09. The van der Waals surface area contributed by atoms with Crippen molar-refractivity contribution < 1.29 is 19.9 Å². The Morgan fingerprint density at radius 3 is 2.52 bits per heavy atom. The summed E-state index contributed by atoms with van der Waals surface area (Å²) < 4.78 is 0. The van der Waals surface area contributed by atoms with Crippen molar-refractivity contribution in [2.45, 2.75) is 6.54 Å². The van der Waals surface area contributed by atoms with Gasteiger partial charge in [0.1, 0.15) is 11.5 Å². The second kappa shape index (κ2) is 5.91. The van der Waals surface area contributed by atoms with Crippen LogP contribution in [0.4, 0.5) is 5.69 Å². The van der Waals surface area contributed by atoms with Crippen LogP contribution >= 0.6 is 0 Å². The topological polar surface area (TPSA) is 113 Å². The van der Waals surface area contributed by atoms with Gasteiger partial charge in [-0.15, -0.1) is 0 Å². The lowest BCUT2D eigenvalue weighted by Gasteiger charge is -2.08. The van der Waals surface area contributed by atoms with Gasteiger partial charge in [0, 0.05) is 24.2 Å². The van der Waals surface area contributed by atoms with Crippen LogP contribution in [0.2, 0.25) is 0 Å². The maximum Gasteiger partial charge on any atom is 0.270 e. The Morgan fingerprint density at radius 2 is 1.86 bits per heavy atom. The van der Waals surface area contributed by atoms with Gasteiger partial charge in [-0.3, -0.25) is 14.9 Å². The number of non-ortho nitro benzene ring substituents is 1. The number of carbonyl (C=O) groups is 1. The third-order valence-electron chi connectivity index (χ3n) is 2.86. The zero-order valence-corrected chi connectivity index (χ0v) is 10.8. The third-order valence-corrected chi connectivity index (χ3v) is 2.86. The SMILES string of the molecule is O=C(NCc1cc([N+](=O)[O-])ccc1O)c1ccccc1O. The molecule has 2 aromatic carbocycles. The summed E-state index contributed by atoms with van der Waals surface area (Å²) in [5.74, 6) is -0.865. The van der Waals surface area contributed by atoms with E-state index in [1.165, 1.54) is 30.3 Å². The van der Waals surface area contributed by atoms with Gasteiger partial charge in [0.2, 0.25) is 0 Å². The summed E-state index contributed by atoms with van der Waals surface area (Å²) in [6.07, 6.45) is 0. The molecule has 1 amide bonds. The number of carbonyl (C=O) groups excluding carboxylic acids is 1. The van der Waals surface area contributed by atoms with Crippen LogP contribution in [0.5, 0.6) is 11.5 Å². The monoisotopic (exact) mass is 288 g/mol. The van der Waals surface area contributed by atoms with Gasteiger partial charge < -0.3 is 15.5 Å². The number of nitro groups is 1. The van der Waals surface area contributed by atoms with Crippen molar-refractivity contribution >= 4 is 11.6 Å². The van der Waals surface area contributed by atoms with Crippen molar-refractivity contribution in [1.82, 2.24) is 5.32 Å². The number of benzene rings is 2. The highest BCUT2D eigenvalue weighted by atomic mass is 16.6. The van der Waals surface area contributed by atoms with Crippen LogP contribution in [0, 0.1) is 10.1 Å². The first-order chi connectivity index (χ1) is 9.99. The van der Waals surface area contributed by atoms with Gasteiger partial charge in [-0.1, -0.05) is 12.1 Å². The average Bonchev–Trinajstić information content (AvgIpc) is 2.46. The van der Waals surface area contributed by atoms with E-state index >= 15 is 0 Å². The summed E-state index contributed by atoms with van der Waals surface area (Å²) in [5.41, 5.74) is 0.120. The molecule has 0 aliphatic rings. The maximum absolute atomic E-state index is 11.9. The van der Waals surface area contributed by atoms with Gasteiger partial charge in [-0.05, 0) is 18.2 Å². The van der Waals surface area contributed by atoms with Crippen LogP contribution in [0.1, 0.15) is 15.9 Å². The van der Waals surface area contributed by atoms with Crippen molar-refractivity contribution in [1.29, 1.82) is 0 Å². The van der Waals surface area contributed by atoms with E-state index in [1.54, 1.807) is 12.1 Å². The molecule has 0 bridgehead atoms. The predicted octanol–water partition coefficient (Wildman–Crippen LogP) is 1.94. The number of nitrogens with one attached hydrogen (secondary N) is 1. The van der Waals surface area contributed by atoms with E-state index < -0.39 is 10.8 Å². The summed E-state index contributed by atoms with van der Waals surface area (Å²) in [7, 11) is 0. The zero-order chi connectivity index (χ0) is 15.4. The van der Waals surface area contributed by atoms with Crippen LogP contribution in [0.3, 0.4) is 0 Å². The molecule has 0 spiro atoms. The highest BCUT2D eigenvalue weighted by Crippen LogP contribution is 2.23. The number of hydrogen-bond acceptors (Lipinski definition) is 5. The number of nitro benzene ring substituents is 1. The number of amides is 1. The number of rotatable bonds is 4. The van der Waals surface area contributed by atoms with Gasteiger partial charge >= 0.3 is 0 Å². The Kier molecular flexibility index (Phi) is 4.03. The fraction of sp³-hybridized carbons (Fsp3) is 0.0714. The Bertz CT molecular complexity index is 700. The number of nitrogens with zero attached hydrogens (tertiary/aromatic N) is 1. The highest BCUT2D eigenvalue weighted by molar-refractivity contribution is 5.96. The normalized spacial score (nSPS) is 10.1. The van der Waals surface area contributed by atoms with Crippen LogP contribution < -0.4 is 5.32 Å². The summed E-state index contributed by atoms with van der Waals surface area (Å²) >= 11 is 0. The van der Waals surface area contributed by atoms with Crippen molar-refractivity contribution in [2.24, 2.45) is 0 Å². The average molecular weight is 288 g/mol. The summed E-state index contributed by atoms with van der Waals surface area (Å²) in [6, 6.07) is 9.54. The lowest BCUT2D eigenvalue weighted by molar-refractivity contribution is -0.384. The Balaban J connectivity index is 2.13. The molecule has 0 radical (unpaired) electrons. The largest absolute Gasteiger partial charge is 0.508 e. The number of aromatic hydroxyl groups is 2. The van der Waals surface area contributed by atoms with E-state index in [-0.39, 0.29) is 34.9 Å². The molecular weight excluding hydrogens is 276 g/mol. The van der Waals surface area contributed by atoms with Gasteiger partial charge in [-0.2, -0.15) is 0 Å². The van der Waals surface area contributed by atoms with Crippen molar-refractivity contribution in [3.63, 3.8) is 0 Å². The molecule has 2 aromatic rings. The quantitative estimate of drug-likeness (QED) is 0.587. The van der Waals surface area contributed by atoms with Crippen molar-refractivity contribution in [3.8, 4) is 11.5 Å². The van der Waals surface area contributed by atoms with E-state index in [4.69, 9.17) is 0 Å². The lowest BCUT2D eigenvalue weighted by atomic mass is 10.1. The molecule has 0 unspecified atom stereocenters. The molecule has 0 fully saturated rings. The van der Waals surface area contributed by atoms with Crippen LogP contribution in [-0.2, 0) is 6.54 Å². The molecule has 2 rings (SSSR count). The molecule has 108 valence electrons. The minimum atomic E-state index is -0.589. The minimum Gasteiger partial charge on any atom is -0.508 e. The first kappa shape index (κ1) is 14.3. The molecule has 0 heterocycles. The Labute approximate surface area is 119 Å². The number of phenolic OH excluding ortho intramolecular Hbond substituents is 2. The lowest BCUT2D eigenvalue weighted by Crippen LogP contribution is -2.22. The van der Waals surface area contributed by atoms with Crippen LogP contribution in [0.25, 0.3) is 0 Å². The van der Waals surface area contributed by atoms with E-state index in [0.717, 1.165) is 0 Å². The van der Waals surface area contributed by atoms with E-state index in [2.05, 4.69) is 5.32 Å². The van der Waals surface area contributed by atoms with E-state index in [1.807, 2.05) is 0 Å². The highest BCUT2D eigenvalue weighted by Gasteiger charge is 2.13. The summed E-state index contributed by atoms with van der Waals surface area (Å²) in [6.45, 7) is -0.0965. The zero-order valence-electron chi connectivity index (χ0n) is 10.8. The number of hydrogen-bond donors (Lipinski definition) is 3. The predicted molar refractivity (Wildman–Crippen MR) is 74.0 cm³/mol. The first-order valence-corrected chi connectivity index (χ1v) is 6.01. The minimum absolute atomic E-state index is 0.0856. The molecule has 7 nitrogen and oxygen atoms in total. The first-order valence-electron chi connectivity index (χ1n) is 6.01. The second-order valence-electron chi connectivity index (χ2n) is 4.27. The second-order valence-corrected chi connectivity index (χ2v) is 4.27. The summed E-state index contributed by atoms with van der Waals surface area (Å²) in [4.78, 5) is 22.0. The van der Waals surface area contributed by atoms with E-state index in [0.29, 0.717) is 0 Å². The molecule has 7 heteroatoms. The summed E-state index contributed by atoms with van der Waals surface area (Å²) in [5, 5.41) is 32.3. The van der Waals surface area contributed by atoms with Crippen molar-refractivity contribution in [3.05, 3.63) is 63.7 Å². The molecule has 21 heavy (non-hydrogen) atoms. The molecule has 0 aromatic heterocycles. The van der Waals surface area contributed by atoms with Gasteiger partial charge in [-0.25, -0.2) is 0 Å². The standard InChI is InChI=1S/C14H12N2O5/c17-12-6-5-10(16(20)21)7-9(12)8-15-14(19)11-3-1-2-4-13(11)18/h1-7,17-18H,8H2,(H,15,19). The van der Waals surface area contributed by atoms with Crippen molar-refractivity contribution in [2.75, 3.05) is 0 Å². The van der Waals surface area contributed by atoms with Gasteiger partial charge in [0.05, 0.1) is 10.5 Å². The molecule has 0 saturated carbocycles. The molecule has 0 saturated heterocycles. The molecule has 0 aliphatic carbocycles. The fourth-order valence-electron chi connectivity index (χ4n) is 1.76. The van der Waals surface area contributed by atoms with Crippen LogP contribution in [0.15, 0.2) is 42.5 Å². The van der Waals surface area contributed by atoms with Crippen LogP contribution in [-0.4, -0.2) is 21.0 Å². The van der Waals surface area contributed by atoms with Gasteiger partial charge in [0.15, 0.2) is 0 Å². The third kappa shape index (κ3) is 3.27. The number of phenols is 2. The maximum atomic E-state index is 11.9. The molecule has 0 aliphatic heterocycles. The Morgan fingerprint density at radius 1 is 1.14 bits per heavy atom. The molecule has 0 atom stereocenters. The smallest absolute Gasteiger partial charge is 0.270 e. The van der Waals surface area contributed by atoms with E-state index in [9.17, 15) is 25.1 Å². The number of para-hydroxylation sites is 1.